The van der Waals surface area contributed by atoms with Crippen LogP contribution in [0.25, 0.3) is 0 Å². The number of anilines is 1. The Morgan fingerprint density at radius 2 is 1.66 bits per heavy atom. The molecule has 1 unspecified atom stereocenters. The predicted molar refractivity (Wildman–Crippen MR) is 161 cm³/mol. The monoisotopic (exact) mass is 631 g/mol. The van der Waals surface area contributed by atoms with Crippen molar-refractivity contribution in [2.24, 2.45) is 0 Å². The lowest BCUT2D eigenvalue weighted by Crippen LogP contribution is -2.52. The fraction of sp³-hybridized carbons (Fsp3) is 0.375. The number of hydrogen-bond acceptors (Lipinski definition) is 5. The Balaban J connectivity index is 1.74. The van der Waals surface area contributed by atoms with Gasteiger partial charge in [-0.25, -0.2) is 8.42 Å². The predicted octanol–water partition coefficient (Wildman–Crippen LogP) is 5.69. The first-order valence-electron chi connectivity index (χ1n) is 14.3. The number of carbonyl (C=O) groups is 2. The van der Waals surface area contributed by atoms with Crippen molar-refractivity contribution in [3.63, 3.8) is 0 Å². The minimum absolute atomic E-state index is 0.0257. The van der Waals surface area contributed by atoms with Gasteiger partial charge in [0.05, 0.1) is 23.3 Å². The molecule has 0 spiro atoms. The minimum Gasteiger partial charge on any atom is -0.497 e. The number of nitrogens with one attached hydrogen (secondary N) is 1. The third kappa shape index (κ3) is 7.90. The van der Waals surface area contributed by atoms with E-state index in [0.717, 1.165) is 43.4 Å². The Hall–Kier alpha value is -4.06. The first-order valence-corrected chi connectivity index (χ1v) is 15.7. The number of hydrogen-bond donors (Lipinski definition) is 1. The van der Waals surface area contributed by atoms with E-state index in [0.29, 0.717) is 21.7 Å². The molecule has 0 heterocycles. The number of alkyl halides is 3. The SMILES string of the molecule is COc1cccc(CN(C(=O)CN(c2cccc(C(F)(F)F)c2)S(=O)(=O)c2ccc(C)cc2)C(C)C(=O)NC2CCCC2)c1. The second-order valence-corrected chi connectivity index (χ2v) is 12.8. The molecular weight excluding hydrogens is 595 g/mol. The number of rotatable bonds is 11. The van der Waals surface area contributed by atoms with Crippen molar-refractivity contribution in [3.05, 3.63) is 89.5 Å². The van der Waals surface area contributed by atoms with Gasteiger partial charge in [-0.05, 0) is 74.7 Å². The minimum atomic E-state index is -4.75. The summed E-state index contributed by atoms with van der Waals surface area (Å²) in [5.74, 6) is -0.652. The molecule has 0 saturated heterocycles. The summed E-state index contributed by atoms with van der Waals surface area (Å²) in [6.07, 6.45) is -1.14. The highest BCUT2D eigenvalue weighted by Gasteiger charge is 2.35. The highest BCUT2D eigenvalue weighted by atomic mass is 32.2. The van der Waals surface area contributed by atoms with Gasteiger partial charge in [-0.15, -0.1) is 0 Å². The van der Waals surface area contributed by atoms with E-state index in [1.165, 1.54) is 30.2 Å². The van der Waals surface area contributed by atoms with Crippen LogP contribution in [-0.4, -0.2) is 50.9 Å². The van der Waals surface area contributed by atoms with E-state index in [1.807, 2.05) is 0 Å². The first-order chi connectivity index (χ1) is 20.8. The number of amides is 2. The highest BCUT2D eigenvalue weighted by molar-refractivity contribution is 7.92. The molecule has 1 N–H and O–H groups in total. The van der Waals surface area contributed by atoms with Gasteiger partial charge < -0.3 is 15.0 Å². The second-order valence-electron chi connectivity index (χ2n) is 10.9. The molecule has 8 nitrogen and oxygen atoms in total. The summed E-state index contributed by atoms with van der Waals surface area (Å²) in [6, 6.07) is 15.4. The van der Waals surface area contributed by atoms with Crippen LogP contribution in [0.2, 0.25) is 0 Å². The van der Waals surface area contributed by atoms with E-state index in [1.54, 1.807) is 50.2 Å². The van der Waals surface area contributed by atoms with Crippen LogP contribution in [0.4, 0.5) is 18.9 Å². The third-order valence-corrected chi connectivity index (χ3v) is 9.49. The van der Waals surface area contributed by atoms with Gasteiger partial charge in [0.2, 0.25) is 11.8 Å². The standard InChI is InChI=1S/C32H36F3N3O5S/c1-22-14-16-29(17-15-22)44(41,42)38(27-12-7-9-25(19-27)32(33,34)35)21-30(39)37(20-24-8-6-13-28(18-24)43-3)23(2)31(40)36-26-10-4-5-11-26/h6-9,12-19,23,26H,4-5,10-11,20-21H2,1-3H3,(H,36,40). The lowest BCUT2D eigenvalue weighted by atomic mass is 10.1. The van der Waals surface area contributed by atoms with E-state index in [-0.39, 0.29) is 23.2 Å². The van der Waals surface area contributed by atoms with Crippen molar-refractivity contribution in [2.75, 3.05) is 18.0 Å². The number of aryl methyl sites for hydroxylation is 1. The summed E-state index contributed by atoms with van der Waals surface area (Å²) < 4.78 is 74.8. The maximum Gasteiger partial charge on any atom is 0.416 e. The Kier molecular flexibility index (Phi) is 10.2. The smallest absolute Gasteiger partial charge is 0.416 e. The molecule has 0 bridgehead atoms. The van der Waals surface area contributed by atoms with Crippen molar-refractivity contribution < 1.29 is 35.9 Å². The Labute approximate surface area is 255 Å². The number of halogens is 3. The van der Waals surface area contributed by atoms with Crippen LogP contribution in [-0.2, 0) is 32.3 Å². The average molecular weight is 632 g/mol. The molecule has 2 amide bonds. The molecule has 1 aliphatic carbocycles. The van der Waals surface area contributed by atoms with Gasteiger partial charge in [-0.2, -0.15) is 13.2 Å². The van der Waals surface area contributed by atoms with Gasteiger partial charge >= 0.3 is 6.18 Å². The summed E-state index contributed by atoms with van der Waals surface area (Å²) in [4.78, 5) is 28.4. The van der Waals surface area contributed by atoms with Crippen LogP contribution in [0.1, 0.15) is 49.3 Å². The average Bonchev–Trinajstić information content (AvgIpc) is 3.51. The van der Waals surface area contributed by atoms with Crippen molar-refractivity contribution in [2.45, 2.75) is 69.2 Å². The fourth-order valence-corrected chi connectivity index (χ4v) is 6.55. The molecule has 0 aliphatic heterocycles. The normalized spacial score (nSPS) is 14.6. The van der Waals surface area contributed by atoms with E-state index < -0.39 is 46.2 Å². The number of benzene rings is 3. The van der Waals surface area contributed by atoms with Gasteiger partial charge in [-0.3, -0.25) is 13.9 Å². The molecule has 3 aromatic carbocycles. The zero-order chi connectivity index (χ0) is 32.1. The number of methoxy groups -OCH3 is 1. The van der Waals surface area contributed by atoms with Gasteiger partial charge in [0.1, 0.15) is 18.3 Å². The van der Waals surface area contributed by atoms with Crippen LogP contribution in [0.3, 0.4) is 0 Å². The van der Waals surface area contributed by atoms with Crippen LogP contribution < -0.4 is 14.4 Å². The number of sulfonamides is 1. The van der Waals surface area contributed by atoms with Crippen molar-refractivity contribution in [1.82, 2.24) is 10.2 Å². The molecule has 1 aliphatic rings. The third-order valence-electron chi connectivity index (χ3n) is 7.71. The van der Waals surface area contributed by atoms with Crippen molar-refractivity contribution in [3.8, 4) is 5.75 Å². The van der Waals surface area contributed by atoms with E-state index in [2.05, 4.69) is 5.32 Å². The summed E-state index contributed by atoms with van der Waals surface area (Å²) in [5.41, 5.74) is -0.00956. The zero-order valence-electron chi connectivity index (χ0n) is 24.8. The second kappa shape index (κ2) is 13.7. The molecule has 1 fully saturated rings. The van der Waals surface area contributed by atoms with Crippen LogP contribution in [0.5, 0.6) is 5.75 Å². The Bertz CT molecular complexity index is 1570. The molecule has 1 saturated carbocycles. The van der Waals surface area contributed by atoms with Crippen molar-refractivity contribution in [1.29, 1.82) is 0 Å². The fourth-order valence-electron chi connectivity index (χ4n) is 5.15. The first kappa shape index (κ1) is 32.8. The number of nitrogens with zero attached hydrogens (tertiary/aromatic N) is 2. The number of carbonyl (C=O) groups excluding carboxylic acids is 2. The molecule has 1 atom stereocenters. The molecule has 4 rings (SSSR count). The molecule has 12 heteroatoms. The highest BCUT2D eigenvalue weighted by Crippen LogP contribution is 2.33. The lowest BCUT2D eigenvalue weighted by Gasteiger charge is -2.32. The molecular formula is C32H36F3N3O5S. The van der Waals surface area contributed by atoms with Gasteiger partial charge in [0.15, 0.2) is 0 Å². The van der Waals surface area contributed by atoms with Crippen LogP contribution in [0.15, 0.2) is 77.7 Å². The summed E-state index contributed by atoms with van der Waals surface area (Å²) in [7, 11) is -3.02. The van der Waals surface area contributed by atoms with Gasteiger partial charge in [0.25, 0.3) is 10.0 Å². The lowest BCUT2D eigenvalue weighted by molar-refractivity contribution is -0.139. The summed E-state index contributed by atoms with van der Waals surface area (Å²) in [6.45, 7) is 2.39. The largest absolute Gasteiger partial charge is 0.497 e. The van der Waals surface area contributed by atoms with Crippen molar-refractivity contribution >= 4 is 27.5 Å². The topological polar surface area (TPSA) is 96.0 Å². The van der Waals surface area contributed by atoms with E-state index in [4.69, 9.17) is 4.74 Å². The summed E-state index contributed by atoms with van der Waals surface area (Å²) in [5, 5.41) is 2.98. The zero-order valence-corrected chi connectivity index (χ0v) is 25.6. The van der Waals surface area contributed by atoms with Crippen LogP contribution in [0, 0.1) is 6.92 Å². The number of ether oxygens (including phenoxy) is 1. The molecule has 236 valence electrons. The summed E-state index contributed by atoms with van der Waals surface area (Å²) >= 11 is 0. The molecule has 3 aromatic rings. The Morgan fingerprint density at radius 3 is 2.30 bits per heavy atom. The van der Waals surface area contributed by atoms with Gasteiger partial charge in [0, 0.05) is 12.6 Å². The quantitative estimate of drug-likeness (QED) is 0.293. The van der Waals surface area contributed by atoms with E-state index in [9.17, 15) is 31.2 Å². The van der Waals surface area contributed by atoms with Crippen LogP contribution >= 0.6 is 0 Å². The van der Waals surface area contributed by atoms with E-state index >= 15 is 0 Å². The Morgan fingerprint density at radius 1 is 1.00 bits per heavy atom. The molecule has 0 radical (unpaired) electrons. The van der Waals surface area contributed by atoms with Gasteiger partial charge in [-0.1, -0.05) is 48.7 Å². The molecule has 44 heavy (non-hydrogen) atoms. The maximum absolute atomic E-state index is 14.1. The maximum atomic E-state index is 14.1. The molecule has 0 aromatic heterocycles.